The molecule has 0 spiro atoms. The minimum atomic E-state index is -3.64. The van der Waals surface area contributed by atoms with Gasteiger partial charge in [-0.3, -0.25) is 9.59 Å². The van der Waals surface area contributed by atoms with Crippen LogP contribution in [0.1, 0.15) is 28.8 Å². The van der Waals surface area contributed by atoms with Gasteiger partial charge >= 0.3 is 0 Å². The average molecular weight is 472 g/mol. The second kappa shape index (κ2) is 9.93. The number of hydrogen-bond donors (Lipinski definition) is 1. The zero-order valence-corrected chi connectivity index (χ0v) is 19.5. The van der Waals surface area contributed by atoms with Gasteiger partial charge in [0.25, 0.3) is 5.91 Å². The summed E-state index contributed by atoms with van der Waals surface area (Å²) in [4.78, 5) is 29.2. The number of methoxy groups -OCH3 is 1. The molecule has 9 heteroatoms. The highest BCUT2D eigenvalue weighted by molar-refractivity contribution is 7.89. The van der Waals surface area contributed by atoms with Crippen LogP contribution in [0.5, 0.6) is 5.75 Å². The number of sulfonamides is 1. The SMILES string of the molecule is COc1cccc(CC(=O)N2CCN(C(=O)c3cccc(S(=O)(=O)NCC4CC4)c3)CC2)c1. The van der Waals surface area contributed by atoms with Crippen molar-refractivity contribution in [3.8, 4) is 5.75 Å². The van der Waals surface area contributed by atoms with Crippen molar-refractivity contribution >= 4 is 21.8 Å². The maximum absolute atomic E-state index is 13.0. The summed E-state index contributed by atoms with van der Waals surface area (Å²) in [5.74, 6) is 0.912. The fourth-order valence-electron chi connectivity index (χ4n) is 3.84. The highest BCUT2D eigenvalue weighted by atomic mass is 32.2. The number of nitrogens with zero attached hydrogens (tertiary/aromatic N) is 2. The minimum Gasteiger partial charge on any atom is -0.497 e. The Hall–Kier alpha value is -2.91. The van der Waals surface area contributed by atoms with Gasteiger partial charge in [0.05, 0.1) is 18.4 Å². The van der Waals surface area contributed by atoms with Gasteiger partial charge in [-0.05, 0) is 54.7 Å². The molecule has 1 aliphatic carbocycles. The summed E-state index contributed by atoms with van der Waals surface area (Å²) in [6, 6.07) is 13.6. The lowest BCUT2D eigenvalue weighted by atomic mass is 10.1. The third-order valence-electron chi connectivity index (χ3n) is 6.06. The third kappa shape index (κ3) is 5.91. The first kappa shape index (κ1) is 23.3. The molecule has 1 aliphatic heterocycles. The Kier molecular flexibility index (Phi) is 6.99. The molecule has 4 rings (SSSR count). The molecule has 1 heterocycles. The Morgan fingerprint density at radius 2 is 1.70 bits per heavy atom. The second-order valence-corrected chi connectivity index (χ2v) is 10.3. The number of ether oxygens (including phenoxy) is 1. The van der Waals surface area contributed by atoms with Crippen LogP contribution in [0.4, 0.5) is 0 Å². The second-order valence-electron chi connectivity index (χ2n) is 8.52. The number of amides is 2. The van der Waals surface area contributed by atoms with Crippen LogP contribution in [0.25, 0.3) is 0 Å². The molecule has 8 nitrogen and oxygen atoms in total. The Labute approximate surface area is 194 Å². The van der Waals surface area contributed by atoms with Gasteiger partial charge in [-0.2, -0.15) is 0 Å². The number of benzene rings is 2. The lowest BCUT2D eigenvalue weighted by molar-refractivity contribution is -0.131. The molecule has 1 N–H and O–H groups in total. The van der Waals surface area contributed by atoms with Crippen LogP contribution in [0, 0.1) is 5.92 Å². The van der Waals surface area contributed by atoms with Gasteiger partial charge in [0.2, 0.25) is 15.9 Å². The fourth-order valence-corrected chi connectivity index (χ4v) is 5.00. The molecule has 33 heavy (non-hydrogen) atoms. The largest absolute Gasteiger partial charge is 0.497 e. The summed E-state index contributed by atoms with van der Waals surface area (Å²) < 4.78 is 32.9. The molecule has 2 amide bonds. The highest BCUT2D eigenvalue weighted by Gasteiger charge is 2.27. The van der Waals surface area contributed by atoms with Gasteiger partial charge in [-0.25, -0.2) is 13.1 Å². The number of carbonyl (C=O) groups is 2. The van der Waals surface area contributed by atoms with Crippen LogP contribution in [-0.2, 0) is 21.2 Å². The van der Waals surface area contributed by atoms with E-state index in [9.17, 15) is 18.0 Å². The number of rotatable bonds is 8. The van der Waals surface area contributed by atoms with Crippen LogP contribution in [0.2, 0.25) is 0 Å². The third-order valence-corrected chi connectivity index (χ3v) is 7.48. The Bertz CT molecular complexity index is 1120. The Balaban J connectivity index is 1.33. The lowest BCUT2D eigenvalue weighted by Gasteiger charge is -2.35. The molecule has 0 bridgehead atoms. The number of hydrogen-bond acceptors (Lipinski definition) is 5. The van der Waals surface area contributed by atoms with E-state index in [0.29, 0.717) is 50.0 Å². The van der Waals surface area contributed by atoms with E-state index in [1.807, 2.05) is 24.3 Å². The van der Waals surface area contributed by atoms with Gasteiger partial charge in [-0.1, -0.05) is 18.2 Å². The van der Waals surface area contributed by atoms with E-state index in [4.69, 9.17) is 4.74 Å². The smallest absolute Gasteiger partial charge is 0.254 e. The van der Waals surface area contributed by atoms with E-state index < -0.39 is 10.0 Å². The molecule has 2 fully saturated rings. The van der Waals surface area contributed by atoms with Crippen molar-refractivity contribution < 1.29 is 22.7 Å². The van der Waals surface area contributed by atoms with E-state index in [1.54, 1.807) is 29.0 Å². The monoisotopic (exact) mass is 471 g/mol. The van der Waals surface area contributed by atoms with Crippen molar-refractivity contribution in [2.45, 2.75) is 24.2 Å². The molecular weight excluding hydrogens is 442 g/mol. The van der Waals surface area contributed by atoms with Gasteiger partial charge in [0, 0.05) is 38.3 Å². The Morgan fingerprint density at radius 3 is 2.39 bits per heavy atom. The predicted octanol–water partition coefficient (Wildman–Crippen LogP) is 1.91. The normalized spacial score (nSPS) is 16.5. The van der Waals surface area contributed by atoms with Gasteiger partial charge < -0.3 is 14.5 Å². The number of piperazine rings is 1. The van der Waals surface area contributed by atoms with Crippen LogP contribution in [0.3, 0.4) is 0 Å². The first-order chi connectivity index (χ1) is 15.9. The standard InChI is InChI=1S/C24H29N3O5S/c1-32-21-6-2-4-19(14-21)15-23(28)26-10-12-27(13-11-26)24(29)20-5-3-7-22(16-20)33(30,31)25-17-18-8-9-18/h2-7,14,16,18,25H,8-13,15,17H2,1H3. The molecular formula is C24H29N3O5S. The van der Waals surface area contributed by atoms with Crippen LogP contribution in [0.15, 0.2) is 53.4 Å². The summed E-state index contributed by atoms with van der Waals surface area (Å²) in [6.07, 6.45) is 2.38. The lowest BCUT2D eigenvalue weighted by Crippen LogP contribution is -2.51. The maximum atomic E-state index is 13.0. The van der Waals surface area contributed by atoms with E-state index in [-0.39, 0.29) is 23.1 Å². The molecule has 2 aliphatic rings. The van der Waals surface area contributed by atoms with Gasteiger partial charge in [0.1, 0.15) is 5.75 Å². The Morgan fingerprint density at radius 1 is 1.00 bits per heavy atom. The molecule has 0 unspecified atom stereocenters. The number of nitrogens with one attached hydrogen (secondary N) is 1. The summed E-state index contributed by atoms with van der Waals surface area (Å²) in [5, 5.41) is 0. The minimum absolute atomic E-state index is 0.00480. The van der Waals surface area contributed by atoms with E-state index in [2.05, 4.69) is 4.72 Å². The molecule has 1 saturated carbocycles. The van der Waals surface area contributed by atoms with Crippen LogP contribution < -0.4 is 9.46 Å². The van der Waals surface area contributed by atoms with E-state index >= 15 is 0 Å². The zero-order chi connectivity index (χ0) is 23.4. The highest BCUT2D eigenvalue weighted by Crippen LogP contribution is 2.28. The fraction of sp³-hybridized carbons (Fsp3) is 0.417. The van der Waals surface area contributed by atoms with Crippen molar-refractivity contribution in [2.24, 2.45) is 5.92 Å². The maximum Gasteiger partial charge on any atom is 0.254 e. The topological polar surface area (TPSA) is 96.0 Å². The van der Waals surface area contributed by atoms with Crippen molar-refractivity contribution in [3.63, 3.8) is 0 Å². The predicted molar refractivity (Wildman–Crippen MR) is 124 cm³/mol. The molecule has 2 aromatic rings. The summed E-state index contributed by atoms with van der Waals surface area (Å²) in [6.45, 7) is 2.12. The van der Waals surface area contributed by atoms with Crippen molar-refractivity contribution in [3.05, 3.63) is 59.7 Å². The first-order valence-corrected chi connectivity index (χ1v) is 12.6. The van der Waals surface area contributed by atoms with E-state index in [0.717, 1.165) is 18.4 Å². The summed E-state index contributed by atoms with van der Waals surface area (Å²) in [5.41, 5.74) is 1.21. The van der Waals surface area contributed by atoms with Crippen molar-refractivity contribution in [2.75, 3.05) is 39.8 Å². The molecule has 0 aromatic heterocycles. The van der Waals surface area contributed by atoms with Crippen molar-refractivity contribution in [1.82, 2.24) is 14.5 Å². The number of carbonyl (C=O) groups excluding carboxylic acids is 2. The molecule has 0 radical (unpaired) electrons. The molecule has 1 saturated heterocycles. The summed E-state index contributed by atoms with van der Waals surface area (Å²) in [7, 11) is -2.05. The van der Waals surface area contributed by atoms with Gasteiger partial charge in [-0.15, -0.1) is 0 Å². The molecule has 2 aromatic carbocycles. The summed E-state index contributed by atoms with van der Waals surface area (Å²) >= 11 is 0. The molecule has 0 atom stereocenters. The quantitative estimate of drug-likeness (QED) is 0.635. The first-order valence-electron chi connectivity index (χ1n) is 11.2. The van der Waals surface area contributed by atoms with Crippen LogP contribution in [-0.4, -0.2) is 69.9 Å². The van der Waals surface area contributed by atoms with Crippen LogP contribution >= 0.6 is 0 Å². The van der Waals surface area contributed by atoms with Crippen molar-refractivity contribution in [1.29, 1.82) is 0 Å². The zero-order valence-electron chi connectivity index (χ0n) is 18.7. The average Bonchev–Trinajstić information content (AvgIpc) is 3.67. The van der Waals surface area contributed by atoms with E-state index in [1.165, 1.54) is 12.1 Å². The van der Waals surface area contributed by atoms with Gasteiger partial charge in [0.15, 0.2) is 0 Å². The molecule has 176 valence electrons.